The van der Waals surface area contributed by atoms with E-state index < -0.39 is 0 Å². The van der Waals surface area contributed by atoms with Crippen LogP contribution in [0.15, 0.2) is 48.7 Å². The Bertz CT molecular complexity index is 666. The van der Waals surface area contributed by atoms with E-state index in [1.807, 2.05) is 42.5 Å². The zero-order valence-corrected chi connectivity index (χ0v) is 10.2. The first kappa shape index (κ1) is 11.0. The summed E-state index contributed by atoms with van der Waals surface area (Å²) in [5, 5.41) is 4.25. The van der Waals surface area contributed by atoms with E-state index in [4.69, 9.17) is 16.3 Å². The molecule has 0 saturated carbocycles. The van der Waals surface area contributed by atoms with E-state index in [0.29, 0.717) is 12.3 Å². The molecule has 3 aromatic rings. The van der Waals surface area contributed by atoms with Crippen LogP contribution in [-0.2, 0) is 6.61 Å². The summed E-state index contributed by atoms with van der Waals surface area (Å²) in [6.07, 6.45) is 1.76. The van der Waals surface area contributed by atoms with E-state index in [-0.39, 0.29) is 5.28 Å². The van der Waals surface area contributed by atoms with Crippen LogP contribution in [0.4, 0.5) is 0 Å². The summed E-state index contributed by atoms with van der Waals surface area (Å²) in [7, 11) is 0. The molecule has 0 aliphatic carbocycles. The molecule has 18 heavy (non-hydrogen) atoms. The third-order valence-corrected chi connectivity index (χ3v) is 2.69. The average Bonchev–Trinajstić information content (AvgIpc) is 2.77. The first-order chi connectivity index (χ1) is 8.81. The van der Waals surface area contributed by atoms with Crippen LogP contribution >= 0.6 is 11.6 Å². The smallest absolute Gasteiger partial charge is 0.243 e. The van der Waals surface area contributed by atoms with Gasteiger partial charge in [0.1, 0.15) is 12.4 Å². The molecule has 0 aliphatic rings. The van der Waals surface area contributed by atoms with Crippen molar-refractivity contribution in [1.29, 1.82) is 0 Å². The van der Waals surface area contributed by atoms with Gasteiger partial charge in [-0.2, -0.15) is 4.98 Å². The summed E-state index contributed by atoms with van der Waals surface area (Å²) in [5.74, 6) is 0.730. The molecule has 0 fully saturated rings. The number of halogens is 1. The summed E-state index contributed by atoms with van der Waals surface area (Å²) >= 11 is 5.72. The van der Waals surface area contributed by atoms with Crippen LogP contribution in [0.1, 0.15) is 5.56 Å². The van der Waals surface area contributed by atoms with E-state index in [1.54, 1.807) is 10.7 Å². The highest BCUT2D eigenvalue weighted by molar-refractivity contribution is 6.28. The minimum absolute atomic E-state index is 0.232. The van der Waals surface area contributed by atoms with Crippen LogP contribution in [0, 0.1) is 0 Å². The van der Waals surface area contributed by atoms with Crippen molar-refractivity contribution >= 4 is 17.2 Å². The van der Waals surface area contributed by atoms with Gasteiger partial charge in [0, 0.05) is 0 Å². The maximum atomic E-state index is 5.72. The van der Waals surface area contributed by atoms with Gasteiger partial charge in [-0.25, -0.2) is 4.52 Å². The van der Waals surface area contributed by atoms with Crippen LogP contribution in [0.2, 0.25) is 5.28 Å². The summed E-state index contributed by atoms with van der Waals surface area (Å²) in [6.45, 7) is 0.523. The predicted octanol–water partition coefficient (Wildman–Crippen LogP) is 2.96. The van der Waals surface area contributed by atoms with Crippen molar-refractivity contribution < 1.29 is 4.74 Å². The molecular weight excluding hydrogens is 250 g/mol. The quantitative estimate of drug-likeness (QED) is 0.726. The number of ether oxygens (including phenoxy) is 1. The second kappa shape index (κ2) is 4.66. The monoisotopic (exact) mass is 259 g/mol. The topological polar surface area (TPSA) is 39.4 Å². The van der Waals surface area contributed by atoms with E-state index in [0.717, 1.165) is 11.3 Å². The van der Waals surface area contributed by atoms with Gasteiger partial charge in [-0.05, 0) is 29.3 Å². The highest BCUT2D eigenvalue weighted by Crippen LogP contribution is 2.15. The molecule has 3 rings (SSSR count). The van der Waals surface area contributed by atoms with E-state index in [2.05, 4.69) is 10.1 Å². The van der Waals surface area contributed by atoms with Gasteiger partial charge in [-0.1, -0.05) is 30.3 Å². The van der Waals surface area contributed by atoms with Gasteiger partial charge in [-0.15, -0.1) is 5.10 Å². The lowest BCUT2D eigenvalue weighted by Crippen LogP contribution is -1.97. The fraction of sp³-hybridized carbons (Fsp3) is 0.0769. The number of hydrogen-bond donors (Lipinski definition) is 0. The molecule has 1 aromatic carbocycles. The Balaban J connectivity index is 1.78. The fourth-order valence-corrected chi connectivity index (χ4v) is 1.83. The molecule has 0 atom stereocenters. The van der Waals surface area contributed by atoms with Gasteiger partial charge in [0.05, 0.1) is 6.20 Å². The van der Waals surface area contributed by atoms with E-state index in [9.17, 15) is 0 Å². The first-order valence-corrected chi connectivity index (χ1v) is 5.88. The lowest BCUT2D eigenvalue weighted by Gasteiger charge is -2.05. The van der Waals surface area contributed by atoms with Crippen LogP contribution in [0.5, 0.6) is 5.75 Å². The standard InChI is InChI=1S/C13H10ClN3O/c14-13-15-12-7-6-11(8-17(12)16-13)18-9-10-4-2-1-3-5-10/h1-8H,9H2. The van der Waals surface area contributed by atoms with Crippen molar-refractivity contribution in [2.75, 3.05) is 0 Å². The zero-order chi connectivity index (χ0) is 12.4. The highest BCUT2D eigenvalue weighted by atomic mass is 35.5. The number of rotatable bonds is 3. The summed E-state index contributed by atoms with van der Waals surface area (Å²) in [6, 6.07) is 13.7. The van der Waals surface area contributed by atoms with Crippen LogP contribution < -0.4 is 4.74 Å². The Morgan fingerprint density at radius 1 is 1.11 bits per heavy atom. The summed E-state index contributed by atoms with van der Waals surface area (Å²) in [5.41, 5.74) is 1.82. The van der Waals surface area contributed by atoms with Crippen LogP contribution in [0.25, 0.3) is 5.65 Å². The molecule has 2 aromatic heterocycles. The highest BCUT2D eigenvalue weighted by Gasteiger charge is 2.02. The molecule has 0 saturated heterocycles. The lowest BCUT2D eigenvalue weighted by atomic mass is 10.2. The molecule has 0 unspecified atom stereocenters. The van der Waals surface area contributed by atoms with Crippen molar-refractivity contribution in [2.24, 2.45) is 0 Å². The maximum absolute atomic E-state index is 5.72. The maximum Gasteiger partial charge on any atom is 0.243 e. The summed E-state index contributed by atoms with van der Waals surface area (Å²) in [4.78, 5) is 4.03. The Morgan fingerprint density at radius 2 is 1.94 bits per heavy atom. The molecule has 0 aliphatic heterocycles. The van der Waals surface area contributed by atoms with Crippen molar-refractivity contribution in [3.63, 3.8) is 0 Å². The minimum atomic E-state index is 0.232. The molecule has 0 N–H and O–H groups in total. The second-order valence-electron chi connectivity index (χ2n) is 3.82. The van der Waals surface area contributed by atoms with Crippen molar-refractivity contribution in [3.05, 3.63) is 59.5 Å². The lowest BCUT2D eigenvalue weighted by molar-refractivity contribution is 0.304. The average molecular weight is 260 g/mol. The van der Waals surface area contributed by atoms with Gasteiger partial charge >= 0.3 is 0 Å². The Hall–Kier alpha value is -2.07. The van der Waals surface area contributed by atoms with Crippen molar-refractivity contribution in [1.82, 2.24) is 14.6 Å². The zero-order valence-electron chi connectivity index (χ0n) is 9.45. The van der Waals surface area contributed by atoms with E-state index in [1.165, 1.54) is 0 Å². The number of nitrogens with zero attached hydrogens (tertiary/aromatic N) is 3. The number of pyridine rings is 1. The number of benzene rings is 1. The Morgan fingerprint density at radius 3 is 2.78 bits per heavy atom. The second-order valence-corrected chi connectivity index (χ2v) is 4.16. The van der Waals surface area contributed by atoms with Gasteiger partial charge in [0.2, 0.25) is 5.28 Å². The van der Waals surface area contributed by atoms with Gasteiger partial charge in [0.25, 0.3) is 0 Å². The molecule has 0 spiro atoms. The first-order valence-electron chi connectivity index (χ1n) is 5.50. The summed E-state index contributed by atoms with van der Waals surface area (Å²) < 4.78 is 7.28. The van der Waals surface area contributed by atoms with Gasteiger partial charge in [0.15, 0.2) is 5.65 Å². The van der Waals surface area contributed by atoms with Crippen LogP contribution in [-0.4, -0.2) is 14.6 Å². The normalized spacial score (nSPS) is 10.7. The minimum Gasteiger partial charge on any atom is -0.487 e. The SMILES string of the molecule is Clc1nc2ccc(OCc3ccccc3)cn2n1. The third-order valence-electron chi connectivity index (χ3n) is 2.53. The van der Waals surface area contributed by atoms with E-state index >= 15 is 0 Å². The molecule has 5 heteroatoms. The largest absolute Gasteiger partial charge is 0.487 e. The molecule has 0 bridgehead atoms. The molecule has 4 nitrogen and oxygen atoms in total. The number of aromatic nitrogens is 3. The third kappa shape index (κ3) is 2.28. The predicted molar refractivity (Wildman–Crippen MR) is 68.8 cm³/mol. The van der Waals surface area contributed by atoms with Crippen LogP contribution in [0.3, 0.4) is 0 Å². The molecule has 0 amide bonds. The number of hydrogen-bond acceptors (Lipinski definition) is 3. The fourth-order valence-electron chi connectivity index (χ4n) is 1.66. The molecule has 0 radical (unpaired) electrons. The van der Waals surface area contributed by atoms with Crippen molar-refractivity contribution in [3.8, 4) is 5.75 Å². The number of fused-ring (bicyclic) bond motifs is 1. The molecule has 90 valence electrons. The Labute approximate surface area is 109 Å². The molecule has 2 heterocycles. The van der Waals surface area contributed by atoms with Gasteiger partial charge in [-0.3, -0.25) is 0 Å². The molecular formula is C13H10ClN3O. The van der Waals surface area contributed by atoms with Crippen molar-refractivity contribution in [2.45, 2.75) is 6.61 Å². The van der Waals surface area contributed by atoms with Gasteiger partial charge < -0.3 is 4.74 Å². The Kier molecular flexibility index (Phi) is 2.86.